The molecule has 1 aromatic rings. The fourth-order valence-corrected chi connectivity index (χ4v) is 1.56. The molecule has 0 unspecified atom stereocenters. The lowest BCUT2D eigenvalue weighted by Crippen LogP contribution is -2.24. The number of amides is 2. The molecule has 5 nitrogen and oxygen atoms in total. The van der Waals surface area contributed by atoms with E-state index in [2.05, 4.69) is 5.32 Å². The van der Waals surface area contributed by atoms with Gasteiger partial charge in [0.25, 0.3) is 5.91 Å². The number of nitrogens with one attached hydrogen (secondary N) is 1. The molecule has 1 rings (SSSR count). The topological polar surface area (TPSA) is 75.4 Å². The molecule has 3 N–H and O–H groups in total. The maximum Gasteiger partial charge on any atom is 0.255 e. The van der Waals surface area contributed by atoms with Crippen molar-refractivity contribution in [3.8, 4) is 0 Å². The Morgan fingerprint density at radius 1 is 1.39 bits per heavy atom. The van der Waals surface area contributed by atoms with Crippen LogP contribution in [-0.2, 0) is 4.79 Å². The van der Waals surface area contributed by atoms with Gasteiger partial charge in [-0.2, -0.15) is 0 Å². The molecular formula is C12H16ClN3O2. The van der Waals surface area contributed by atoms with Gasteiger partial charge in [0.05, 0.1) is 11.3 Å². The minimum absolute atomic E-state index is 0.197. The van der Waals surface area contributed by atoms with Crippen LogP contribution < -0.4 is 11.1 Å². The van der Waals surface area contributed by atoms with Crippen LogP contribution in [0.2, 0.25) is 5.02 Å². The Hall–Kier alpha value is -1.59. The molecule has 0 fully saturated rings. The van der Waals surface area contributed by atoms with Gasteiger partial charge in [0.1, 0.15) is 0 Å². The third-order valence-electron chi connectivity index (χ3n) is 2.26. The van der Waals surface area contributed by atoms with Crippen molar-refractivity contribution in [2.24, 2.45) is 5.73 Å². The van der Waals surface area contributed by atoms with Gasteiger partial charge in [0.2, 0.25) is 5.91 Å². The van der Waals surface area contributed by atoms with Crippen LogP contribution in [0.1, 0.15) is 16.8 Å². The van der Waals surface area contributed by atoms with Crippen molar-refractivity contribution < 1.29 is 9.59 Å². The standard InChI is InChI=1S/C12H16ClN3O2/c1-16(2)12(18)9-4-3-8(13)7-10(9)15-11(17)5-6-14/h3-4,7H,5-6,14H2,1-2H3,(H,15,17). The van der Waals surface area contributed by atoms with E-state index in [9.17, 15) is 9.59 Å². The fraction of sp³-hybridized carbons (Fsp3) is 0.333. The molecule has 0 spiro atoms. The number of nitrogens with zero attached hydrogens (tertiary/aromatic N) is 1. The van der Waals surface area contributed by atoms with E-state index < -0.39 is 0 Å². The second-order valence-electron chi connectivity index (χ2n) is 3.98. The maximum absolute atomic E-state index is 11.9. The van der Waals surface area contributed by atoms with Crippen LogP contribution in [0.15, 0.2) is 18.2 Å². The lowest BCUT2D eigenvalue weighted by atomic mass is 10.1. The molecule has 6 heteroatoms. The molecule has 0 aliphatic carbocycles. The predicted molar refractivity (Wildman–Crippen MR) is 71.8 cm³/mol. The summed E-state index contributed by atoms with van der Waals surface area (Å²) in [7, 11) is 3.28. The van der Waals surface area contributed by atoms with Crippen LogP contribution in [0.4, 0.5) is 5.69 Å². The number of anilines is 1. The zero-order valence-corrected chi connectivity index (χ0v) is 11.1. The van der Waals surface area contributed by atoms with Crippen LogP contribution in [-0.4, -0.2) is 37.4 Å². The number of hydrogen-bond donors (Lipinski definition) is 2. The first-order valence-corrected chi connectivity index (χ1v) is 5.84. The highest BCUT2D eigenvalue weighted by atomic mass is 35.5. The Kier molecular flexibility index (Phi) is 5.12. The van der Waals surface area contributed by atoms with E-state index in [0.29, 0.717) is 16.3 Å². The van der Waals surface area contributed by atoms with Crippen LogP contribution in [0.3, 0.4) is 0 Å². The summed E-state index contributed by atoms with van der Waals surface area (Å²) >= 11 is 5.86. The predicted octanol–water partition coefficient (Wildman–Crippen LogP) is 1.33. The van der Waals surface area contributed by atoms with E-state index in [1.807, 2.05) is 0 Å². The molecule has 0 aromatic heterocycles. The Balaban J connectivity index is 3.04. The third-order valence-corrected chi connectivity index (χ3v) is 2.50. The molecule has 0 heterocycles. The minimum atomic E-state index is -0.243. The van der Waals surface area contributed by atoms with Gasteiger partial charge in [0, 0.05) is 32.1 Å². The molecule has 0 atom stereocenters. The van der Waals surface area contributed by atoms with Crippen LogP contribution in [0, 0.1) is 0 Å². The van der Waals surface area contributed by atoms with E-state index in [0.717, 1.165) is 0 Å². The first-order chi connectivity index (χ1) is 8.45. The highest BCUT2D eigenvalue weighted by Crippen LogP contribution is 2.22. The number of carbonyl (C=O) groups excluding carboxylic acids is 2. The highest BCUT2D eigenvalue weighted by Gasteiger charge is 2.15. The van der Waals surface area contributed by atoms with Crippen molar-refractivity contribution in [2.45, 2.75) is 6.42 Å². The zero-order chi connectivity index (χ0) is 13.7. The van der Waals surface area contributed by atoms with Crippen molar-refractivity contribution in [2.75, 3.05) is 26.0 Å². The van der Waals surface area contributed by atoms with Crippen molar-refractivity contribution in [1.29, 1.82) is 0 Å². The molecule has 0 saturated heterocycles. The Morgan fingerprint density at radius 2 is 2.06 bits per heavy atom. The van der Waals surface area contributed by atoms with Crippen LogP contribution in [0.25, 0.3) is 0 Å². The highest BCUT2D eigenvalue weighted by molar-refractivity contribution is 6.31. The summed E-state index contributed by atoms with van der Waals surface area (Å²) in [5.41, 5.74) is 6.10. The second-order valence-corrected chi connectivity index (χ2v) is 4.41. The van der Waals surface area contributed by atoms with Gasteiger partial charge in [-0.15, -0.1) is 0 Å². The van der Waals surface area contributed by atoms with E-state index in [1.54, 1.807) is 32.3 Å². The Labute approximate surface area is 111 Å². The van der Waals surface area contributed by atoms with Gasteiger partial charge >= 0.3 is 0 Å². The molecule has 0 aliphatic rings. The lowest BCUT2D eigenvalue weighted by molar-refractivity contribution is -0.116. The van der Waals surface area contributed by atoms with Gasteiger partial charge in [-0.3, -0.25) is 9.59 Å². The number of hydrogen-bond acceptors (Lipinski definition) is 3. The van der Waals surface area contributed by atoms with Gasteiger partial charge in [0.15, 0.2) is 0 Å². The fourth-order valence-electron chi connectivity index (χ4n) is 1.39. The number of benzene rings is 1. The summed E-state index contributed by atoms with van der Waals surface area (Å²) in [6, 6.07) is 4.74. The number of rotatable bonds is 4. The average Bonchev–Trinajstić information content (AvgIpc) is 2.28. The van der Waals surface area contributed by atoms with E-state index in [-0.39, 0.29) is 24.8 Å². The van der Waals surface area contributed by atoms with Crippen molar-refractivity contribution in [3.05, 3.63) is 28.8 Å². The SMILES string of the molecule is CN(C)C(=O)c1ccc(Cl)cc1NC(=O)CCN. The van der Waals surface area contributed by atoms with Gasteiger partial charge in [-0.25, -0.2) is 0 Å². The summed E-state index contributed by atoms with van der Waals surface area (Å²) in [5, 5.41) is 3.09. The molecule has 0 bridgehead atoms. The monoisotopic (exact) mass is 269 g/mol. The molecule has 0 aliphatic heterocycles. The van der Waals surface area contributed by atoms with Crippen molar-refractivity contribution in [1.82, 2.24) is 4.90 Å². The van der Waals surface area contributed by atoms with Gasteiger partial charge < -0.3 is 16.0 Å². The summed E-state index contributed by atoms with van der Waals surface area (Å²) in [5.74, 6) is -0.442. The molecule has 0 radical (unpaired) electrons. The second kappa shape index (κ2) is 6.37. The van der Waals surface area contributed by atoms with E-state index in [1.165, 1.54) is 4.90 Å². The Bertz CT molecular complexity index is 461. The molecule has 2 amide bonds. The number of halogens is 1. The first-order valence-electron chi connectivity index (χ1n) is 5.47. The lowest BCUT2D eigenvalue weighted by Gasteiger charge is -2.15. The van der Waals surface area contributed by atoms with Crippen molar-refractivity contribution >= 4 is 29.1 Å². The maximum atomic E-state index is 11.9. The zero-order valence-electron chi connectivity index (χ0n) is 10.4. The molecule has 98 valence electrons. The number of nitrogens with two attached hydrogens (primary N) is 1. The molecule has 0 saturated carbocycles. The number of carbonyl (C=O) groups is 2. The summed E-state index contributed by atoms with van der Waals surface area (Å²) in [6.07, 6.45) is 0.197. The van der Waals surface area contributed by atoms with E-state index >= 15 is 0 Å². The van der Waals surface area contributed by atoms with Gasteiger partial charge in [-0.05, 0) is 18.2 Å². The smallest absolute Gasteiger partial charge is 0.255 e. The normalized spacial score (nSPS) is 10.0. The summed E-state index contributed by atoms with van der Waals surface area (Å²) in [6.45, 7) is 0.253. The third kappa shape index (κ3) is 3.72. The largest absolute Gasteiger partial charge is 0.345 e. The van der Waals surface area contributed by atoms with Crippen LogP contribution >= 0.6 is 11.6 Å². The average molecular weight is 270 g/mol. The quantitative estimate of drug-likeness (QED) is 0.866. The van der Waals surface area contributed by atoms with Gasteiger partial charge in [-0.1, -0.05) is 11.6 Å². The molecule has 18 heavy (non-hydrogen) atoms. The Morgan fingerprint density at radius 3 is 2.61 bits per heavy atom. The van der Waals surface area contributed by atoms with Crippen molar-refractivity contribution in [3.63, 3.8) is 0 Å². The molecule has 1 aromatic carbocycles. The first kappa shape index (κ1) is 14.5. The minimum Gasteiger partial charge on any atom is -0.345 e. The molecular weight excluding hydrogens is 254 g/mol. The summed E-state index contributed by atoms with van der Waals surface area (Å²) in [4.78, 5) is 24.9. The van der Waals surface area contributed by atoms with Crippen LogP contribution in [0.5, 0.6) is 0 Å². The van der Waals surface area contributed by atoms with E-state index in [4.69, 9.17) is 17.3 Å². The summed E-state index contributed by atoms with van der Waals surface area (Å²) < 4.78 is 0.